The summed E-state index contributed by atoms with van der Waals surface area (Å²) in [4.78, 5) is 14.9. The number of carbonyl (C=O) groups is 1. The zero-order valence-corrected chi connectivity index (χ0v) is 15.8. The first kappa shape index (κ1) is 17.4. The standard InChI is InChI=1S/C20H22ClNOS/c1-20(2,3)15-10-8-14(9-11-15)18(23)22-12-13-24-19(22)16-6-4-5-7-17(16)21/h4-11,19H,12-13H2,1-3H3. The first-order valence-corrected chi connectivity index (χ1v) is 9.58. The summed E-state index contributed by atoms with van der Waals surface area (Å²) in [7, 11) is 0. The van der Waals surface area contributed by atoms with E-state index in [1.165, 1.54) is 5.56 Å². The molecule has 126 valence electrons. The van der Waals surface area contributed by atoms with E-state index in [2.05, 4.69) is 32.9 Å². The van der Waals surface area contributed by atoms with Crippen LogP contribution in [-0.4, -0.2) is 23.1 Å². The van der Waals surface area contributed by atoms with Gasteiger partial charge in [-0.15, -0.1) is 11.8 Å². The number of hydrogen-bond acceptors (Lipinski definition) is 2. The third-order valence-corrected chi connectivity index (χ3v) is 5.91. The molecule has 1 saturated heterocycles. The van der Waals surface area contributed by atoms with Crippen LogP contribution in [0.3, 0.4) is 0 Å². The van der Waals surface area contributed by atoms with Gasteiger partial charge >= 0.3 is 0 Å². The monoisotopic (exact) mass is 359 g/mol. The second-order valence-corrected chi connectivity index (χ2v) is 8.67. The van der Waals surface area contributed by atoms with Gasteiger partial charge in [-0.1, -0.05) is 62.7 Å². The van der Waals surface area contributed by atoms with Crippen molar-refractivity contribution in [1.82, 2.24) is 4.90 Å². The number of halogens is 1. The SMILES string of the molecule is CC(C)(C)c1ccc(C(=O)N2CCSC2c2ccccc2Cl)cc1. The Hall–Kier alpha value is -1.45. The van der Waals surface area contributed by atoms with Crippen LogP contribution in [-0.2, 0) is 5.41 Å². The highest BCUT2D eigenvalue weighted by molar-refractivity contribution is 7.99. The molecule has 1 aliphatic rings. The highest BCUT2D eigenvalue weighted by Crippen LogP contribution is 2.41. The maximum Gasteiger partial charge on any atom is 0.255 e. The van der Waals surface area contributed by atoms with Crippen LogP contribution in [0.15, 0.2) is 48.5 Å². The molecule has 1 amide bonds. The normalized spacial score (nSPS) is 18.0. The van der Waals surface area contributed by atoms with E-state index in [-0.39, 0.29) is 16.7 Å². The highest BCUT2D eigenvalue weighted by Gasteiger charge is 2.32. The molecule has 0 bridgehead atoms. The van der Waals surface area contributed by atoms with E-state index >= 15 is 0 Å². The van der Waals surface area contributed by atoms with Crippen molar-refractivity contribution in [1.29, 1.82) is 0 Å². The number of hydrogen-bond donors (Lipinski definition) is 0. The maximum atomic E-state index is 13.0. The zero-order valence-electron chi connectivity index (χ0n) is 14.3. The smallest absolute Gasteiger partial charge is 0.255 e. The summed E-state index contributed by atoms with van der Waals surface area (Å²) < 4.78 is 0. The van der Waals surface area contributed by atoms with Crippen molar-refractivity contribution in [2.24, 2.45) is 0 Å². The molecular formula is C20H22ClNOS. The van der Waals surface area contributed by atoms with Crippen LogP contribution in [0.1, 0.15) is 47.6 Å². The summed E-state index contributed by atoms with van der Waals surface area (Å²) >= 11 is 8.11. The molecule has 0 spiro atoms. The molecule has 1 aliphatic heterocycles. The largest absolute Gasteiger partial charge is 0.322 e. The lowest BCUT2D eigenvalue weighted by atomic mass is 9.86. The fraction of sp³-hybridized carbons (Fsp3) is 0.350. The van der Waals surface area contributed by atoms with Crippen molar-refractivity contribution in [3.63, 3.8) is 0 Å². The number of amides is 1. The van der Waals surface area contributed by atoms with Gasteiger partial charge in [-0.05, 0) is 29.2 Å². The Balaban J connectivity index is 1.85. The molecule has 2 aromatic rings. The molecule has 1 heterocycles. The Morgan fingerprint density at radius 3 is 2.42 bits per heavy atom. The van der Waals surface area contributed by atoms with Crippen molar-refractivity contribution in [2.45, 2.75) is 31.6 Å². The molecule has 4 heteroatoms. The Morgan fingerprint density at radius 1 is 1.12 bits per heavy atom. The lowest BCUT2D eigenvalue weighted by molar-refractivity contribution is 0.0760. The fourth-order valence-electron chi connectivity index (χ4n) is 2.89. The Kier molecular flexibility index (Phi) is 4.93. The van der Waals surface area contributed by atoms with E-state index in [9.17, 15) is 4.79 Å². The Labute approximate surface area is 153 Å². The summed E-state index contributed by atoms with van der Waals surface area (Å²) in [6.45, 7) is 7.28. The minimum absolute atomic E-state index is 0.00603. The van der Waals surface area contributed by atoms with E-state index in [0.29, 0.717) is 0 Å². The van der Waals surface area contributed by atoms with Gasteiger partial charge in [-0.3, -0.25) is 4.79 Å². The number of thioether (sulfide) groups is 1. The van der Waals surface area contributed by atoms with Crippen molar-refractivity contribution in [3.05, 3.63) is 70.2 Å². The molecule has 1 atom stereocenters. The summed E-state index contributed by atoms with van der Waals surface area (Å²) in [6, 6.07) is 15.8. The van der Waals surface area contributed by atoms with Crippen LogP contribution >= 0.6 is 23.4 Å². The molecule has 0 aliphatic carbocycles. The quantitative estimate of drug-likeness (QED) is 0.703. The zero-order chi connectivity index (χ0) is 17.3. The van der Waals surface area contributed by atoms with E-state index in [1.54, 1.807) is 11.8 Å². The molecule has 0 radical (unpaired) electrons. The van der Waals surface area contributed by atoms with Gasteiger partial charge in [0, 0.05) is 28.4 Å². The average molecular weight is 360 g/mol. The van der Waals surface area contributed by atoms with Crippen LogP contribution in [0.4, 0.5) is 0 Å². The van der Waals surface area contributed by atoms with Crippen molar-refractivity contribution >= 4 is 29.3 Å². The minimum Gasteiger partial charge on any atom is -0.322 e. The van der Waals surface area contributed by atoms with Gasteiger partial charge < -0.3 is 4.90 Å². The molecule has 3 rings (SSSR count). The van der Waals surface area contributed by atoms with E-state index < -0.39 is 0 Å². The predicted molar refractivity (Wildman–Crippen MR) is 103 cm³/mol. The van der Waals surface area contributed by atoms with Crippen molar-refractivity contribution < 1.29 is 4.79 Å². The number of carbonyl (C=O) groups excluding carboxylic acids is 1. The molecule has 2 aromatic carbocycles. The van der Waals surface area contributed by atoms with Crippen LogP contribution in [0.2, 0.25) is 5.02 Å². The second kappa shape index (κ2) is 6.81. The molecule has 2 nitrogen and oxygen atoms in total. The lowest BCUT2D eigenvalue weighted by Gasteiger charge is -2.25. The summed E-state index contributed by atoms with van der Waals surface area (Å²) in [6.07, 6.45) is 0. The maximum absolute atomic E-state index is 13.0. The first-order chi connectivity index (χ1) is 11.4. The van der Waals surface area contributed by atoms with Gasteiger partial charge in [-0.2, -0.15) is 0 Å². The third-order valence-electron chi connectivity index (χ3n) is 4.32. The second-order valence-electron chi connectivity index (χ2n) is 7.07. The molecule has 0 N–H and O–H groups in total. The fourth-order valence-corrected chi connectivity index (χ4v) is 4.48. The summed E-state index contributed by atoms with van der Waals surface area (Å²) in [5.41, 5.74) is 3.08. The van der Waals surface area contributed by atoms with Crippen LogP contribution < -0.4 is 0 Å². The highest BCUT2D eigenvalue weighted by atomic mass is 35.5. The topological polar surface area (TPSA) is 20.3 Å². The minimum atomic E-state index is -0.00603. The van der Waals surface area contributed by atoms with Gasteiger partial charge in [0.15, 0.2) is 0 Å². The number of rotatable bonds is 2. The average Bonchev–Trinajstić information content (AvgIpc) is 3.03. The third kappa shape index (κ3) is 3.47. The number of benzene rings is 2. The van der Waals surface area contributed by atoms with Gasteiger partial charge in [0.25, 0.3) is 5.91 Å². The Morgan fingerprint density at radius 2 is 1.79 bits per heavy atom. The summed E-state index contributed by atoms with van der Waals surface area (Å²) in [5.74, 6) is 1.01. The van der Waals surface area contributed by atoms with Crippen LogP contribution in [0, 0.1) is 0 Å². The molecule has 0 aromatic heterocycles. The van der Waals surface area contributed by atoms with Gasteiger partial charge in [-0.25, -0.2) is 0 Å². The van der Waals surface area contributed by atoms with Gasteiger partial charge in [0.2, 0.25) is 0 Å². The predicted octanol–water partition coefficient (Wildman–Crippen LogP) is 5.53. The first-order valence-electron chi connectivity index (χ1n) is 8.15. The molecule has 0 saturated carbocycles. The van der Waals surface area contributed by atoms with Crippen molar-refractivity contribution in [2.75, 3.05) is 12.3 Å². The number of nitrogens with zero attached hydrogens (tertiary/aromatic N) is 1. The van der Waals surface area contributed by atoms with Gasteiger partial charge in [0.05, 0.1) is 0 Å². The van der Waals surface area contributed by atoms with E-state index in [1.807, 2.05) is 41.3 Å². The molecular weight excluding hydrogens is 338 g/mol. The van der Waals surface area contributed by atoms with E-state index in [0.717, 1.165) is 28.4 Å². The van der Waals surface area contributed by atoms with Crippen molar-refractivity contribution in [3.8, 4) is 0 Å². The molecule has 1 fully saturated rings. The van der Waals surface area contributed by atoms with Gasteiger partial charge in [0.1, 0.15) is 5.37 Å². The van der Waals surface area contributed by atoms with Crippen LogP contribution in [0.5, 0.6) is 0 Å². The molecule has 24 heavy (non-hydrogen) atoms. The van der Waals surface area contributed by atoms with Crippen LogP contribution in [0.25, 0.3) is 0 Å². The Bertz CT molecular complexity index is 736. The lowest BCUT2D eigenvalue weighted by Crippen LogP contribution is -2.30. The van der Waals surface area contributed by atoms with E-state index in [4.69, 9.17) is 11.6 Å². The molecule has 1 unspecified atom stereocenters. The summed E-state index contributed by atoms with van der Waals surface area (Å²) in [5, 5.41) is 0.714.